The second kappa shape index (κ2) is 7.47. The maximum Gasteiger partial charge on any atom is 0.527 e. The zero-order valence-corrected chi connectivity index (χ0v) is 6.64. The minimum atomic E-state index is -1.89. The summed E-state index contributed by atoms with van der Waals surface area (Å²) in [4.78, 5) is 17.4. The van der Waals surface area contributed by atoms with Crippen LogP contribution >= 0.6 is 0 Å². The minimum absolute atomic E-state index is 0.273. The standard InChI is InChI=1S/C7H13FO3/c1-2-3-4-5-6-10-11-7(8)9/h2-6H2,1H3. The van der Waals surface area contributed by atoms with Crippen molar-refractivity contribution in [2.75, 3.05) is 6.61 Å². The Kier molecular flexibility index (Phi) is 7.03. The maximum absolute atomic E-state index is 11.3. The van der Waals surface area contributed by atoms with E-state index in [1.165, 1.54) is 0 Å². The predicted octanol–water partition coefficient (Wildman–Crippen LogP) is 2.60. The molecule has 3 nitrogen and oxygen atoms in total. The summed E-state index contributed by atoms with van der Waals surface area (Å²) in [6.45, 7) is 2.36. The van der Waals surface area contributed by atoms with Crippen LogP contribution in [0.2, 0.25) is 0 Å². The molecule has 0 saturated heterocycles. The van der Waals surface area contributed by atoms with Gasteiger partial charge in [0, 0.05) is 0 Å². The SMILES string of the molecule is CCCCCCOOC(=O)F. The van der Waals surface area contributed by atoms with Gasteiger partial charge in [-0.25, -0.2) is 4.79 Å². The summed E-state index contributed by atoms with van der Waals surface area (Å²) >= 11 is 0. The largest absolute Gasteiger partial charge is 0.527 e. The number of unbranched alkanes of at least 4 members (excludes halogenated alkanes) is 3. The van der Waals surface area contributed by atoms with Crippen molar-refractivity contribution in [1.29, 1.82) is 0 Å². The van der Waals surface area contributed by atoms with E-state index in [-0.39, 0.29) is 6.61 Å². The van der Waals surface area contributed by atoms with Crippen molar-refractivity contribution in [3.05, 3.63) is 0 Å². The van der Waals surface area contributed by atoms with Gasteiger partial charge in [-0.15, -0.1) is 4.39 Å². The maximum atomic E-state index is 11.3. The molecular formula is C7H13FO3. The first-order valence-corrected chi connectivity index (χ1v) is 3.76. The highest BCUT2D eigenvalue weighted by molar-refractivity contribution is 5.56. The van der Waals surface area contributed by atoms with Gasteiger partial charge in [0.05, 0.1) is 6.61 Å². The summed E-state index contributed by atoms with van der Waals surface area (Å²) in [6.07, 6.45) is 2.16. The molecule has 0 aliphatic rings. The highest BCUT2D eigenvalue weighted by Crippen LogP contribution is 1.99. The fourth-order valence-electron chi connectivity index (χ4n) is 0.676. The third-order valence-electron chi connectivity index (χ3n) is 1.21. The molecule has 0 saturated carbocycles. The highest BCUT2D eigenvalue weighted by Gasteiger charge is 1.97. The van der Waals surface area contributed by atoms with Gasteiger partial charge >= 0.3 is 6.22 Å². The first kappa shape index (κ1) is 10.4. The molecule has 0 unspecified atom stereocenters. The van der Waals surface area contributed by atoms with E-state index in [0.717, 1.165) is 25.7 Å². The van der Waals surface area contributed by atoms with Crippen LogP contribution in [-0.4, -0.2) is 12.8 Å². The van der Waals surface area contributed by atoms with Gasteiger partial charge in [0.2, 0.25) is 0 Å². The van der Waals surface area contributed by atoms with Gasteiger partial charge in [-0.1, -0.05) is 26.2 Å². The average molecular weight is 164 g/mol. The number of carbonyl (C=O) groups excluding carboxylic acids is 1. The smallest absolute Gasteiger partial charge is 0.266 e. The summed E-state index contributed by atoms with van der Waals surface area (Å²) < 4.78 is 11.3. The molecule has 66 valence electrons. The molecule has 0 spiro atoms. The normalized spacial score (nSPS) is 9.64. The summed E-state index contributed by atoms with van der Waals surface area (Å²) in [5, 5.41) is 0. The summed E-state index contributed by atoms with van der Waals surface area (Å²) in [6, 6.07) is 0. The number of rotatable bonds is 6. The molecule has 0 bridgehead atoms. The molecule has 0 aromatic heterocycles. The Morgan fingerprint density at radius 2 is 2.09 bits per heavy atom. The van der Waals surface area contributed by atoms with Crippen molar-refractivity contribution >= 4 is 6.22 Å². The molecule has 0 heterocycles. The lowest BCUT2D eigenvalue weighted by atomic mass is 10.2. The molecule has 0 aliphatic heterocycles. The quantitative estimate of drug-likeness (QED) is 0.262. The van der Waals surface area contributed by atoms with Gasteiger partial charge in [0.25, 0.3) is 0 Å². The van der Waals surface area contributed by atoms with E-state index < -0.39 is 6.22 Å². The zero-order valence-electron chi connectivity index (χ0n) is 6.64. The zero-order chi connectivity index (χ0) is 8.53. The monoisotopic (exact) mass is 164 g/mol. The van der Waals surface area contributed by atoms with Crippen molar-refractivity contribution < 1.29 is 19.0 Å². The molecule has 0 aromatic carbocycles. The number of hydrogen-bond acceptors (Lipinski definition) is 3. The number of carbonyl (C=O) groups is 1. The Hall–Kier alpha value is -0.640. The summed E-state index contributed by atoms with van der Waals surface area (Å²) in [5.41, 5.74) is 0. The minimum Gasteiger partial charge on any atom is -0.266 e. The van der Waals surface area contributed by atoms with Gasteiger partial charge in [0.15, 0.2) is 0 Å². The number of hydrogen-bond donors (Lipinski definition) is 0. The van der Waals surface area contributed by atoms with Crippen molar-refractivity contribution in [1.82, 2.24) is 0 Å². The van der Waals surface area contributed by atoms with Gasteiger partial charge in [-0.2, -0.15) is 4.89 Å². The molecular weight excluding hydrogens is 151 g/mol. The molecule has 0 amide bonds. The molecule has 0 rings (SSSR count). The van der Waals surface area contributed by atoms with E-state index in [1.807, 2.05) is 0 Å². The van der Waals surface area contributed by atoms with Gasteiger partial charge in [-0.3, -0.25) is 4.89 Å². The van der Waals surface area contributed by atoms with E-state index in [1.54, 1.807) is 0 Å². The molecule has 0 atom stereocenters. The van der Waals surface area contributed by atoms with Crippen LogP contribution in [0.25, 0.3) is 0 Å². The lowest BCUT2D eigenvalue weighted by Gasteiger charge is -1.98. The second-order valence-electron chi connectivity index (χ2n) is 2.20. The van der Waals surface area contributed by atoms with Gasteiger partial charge < -0.3 is 0 Å². The summed E-state index contributed by atoms with van der Waals surface area (Å²) in [5.74, 6) is 0. The van der Waals surface area contributed by atoms with E-state index in [4.69, 9.17) is 0 Å². The molecule has 0 aromatic rings. The van der Waals surface area contributed by atoms with Gasteiger partial charge in [0.1, 0.15) is 0 Å². The second-order valence-corrected chi connectivity index (χ2v) is 2.20. The van der Waals surface area contributed by atoms with Gasteiger partial charge in [-0.05, 0) is 6.42 Å². The molecule has 0 radical (unpaired) electrons. The van der Waals surface area contributed by atoms with Crippen LogP contribution in [0.4, 0.5) is 9.18 Å². The van der Waals surface area contributed by atoms with Crippen molar-refractivity contribution in [3.8, 4) is 0 Å². The van der Waals surface area contributed by atoms with Crippen LogP contribution in [0.15, 0.2) is 0 Å². The lowest BCUT2D eigenvalue weighted by Crippen LogP contribution is -1.98. The topological polar surface area (TPSA) is 35.5 Å². The molecule has 11 heavy (non-hydrogen) atoms. The van der Waals surface area contributed by atoms with E-state index in [2.05, 4.69) is 16.7 Å². The third kappa shape index (κ3) is 9.36. The third-order valence-corrected chi connectivity index (χ3v) is 1.21. The molecule has 0 fully saturated rings. The van der Waals surface area contributed by atoms with Crippen LogP contribution in [0.5, 0.6) is 0 Å². The fourth-order valence-corrected chi connectivity index (χ4v) is 0.676. The Balaban J connectivity index is 2.85. The number of halogens is 1. The van der Waals surface area contributed by atoms with Crippen molar-refractivity contribution in [2.45, 2.75) is 32.6 Å². The lowest BCUT2D eigenvalue weighted by molar-refractivity contribution is -0.245. The van der Waals surface area contributed by atoms with Crippen molar-refractivity contribution in [2.24, 2.45) is 0 Å². The van der Waals surface area contributed by atoms with E-state index >= 15 is 0 Å². The van der Waals surface area contributed by atoms with Crippen LogP contribution < -0.4 is 0 Å². The molecule has 0 aliphatic carbocycles. The Bertz CT molecular complexity index is 106. The average Bonchev–Trinajstić information content (AvgIpc) is 1.96. The Morgan fingerprint density at radius 3 is 2.64 bits per heavy atom. The molecule has 0 N–H and O–H groups in total. The Labute approximate surface area is 65.4 Å². The first-order valence-electron chi connectivity index (χ1n) is 3.76. The van der Waals surface area contributed by atoms with E-state index in [0.29, 0.717) is 0 Å². The fraction of sp³-hybridized carbons (Fsp3) is 0.857. The van der Waals surface area contributed by atoms with Crippen LogP contribution in [-0.2, 0) is 9.78 Å². The summed E-state index contributed by atoms with van der Waals surface area (Å²) in [7, 11) is 0. The van der Waals surface area contributed by atoms with E-state index in [9.17, 15) is 9.18 Å². The Morgan fingerprint density at radius 1 is 1.36 bits per heavy atom. The van der Waals surface area contributed by atoms with Crippen LogP contribution in [0.1, 0.15) is 32.6 Å². The first-order chi connectivity index (χ1) is 5.27. The van der Waals surface area contributed by atoms with Crippen molar-refractivity contribution in [3.63, 3.8) is 0 Å². The van der Waals surface area contributed by atoms with Crippen LogP contribution in [0.3, 0.4) is 0 Å². The highest BCUT2D eigenvalue weighted by atomic mass is 19.1. The predicted molar refractivity (Wildman–Crippen MR) is 37.7 cm³/mol. The van der Waals surface area contributed by atoms with Crippen LogP contribution in [0, 0.1) is 0 Å². The molecule has 4 heteroatoms.